The summed E-state index contributed by atoms with van der Waals surface area (Å²) in [6, 6.07) is 23.5. The molecule has 0 fully saturated rings. The van der Waals surface area contributed by atoms with Crippen molar-refractivity contribution in [2.45, 2.75) is 4.90 Å². The third-order valence-electron chi connectivity index (χ3n) is 4.68. The normalized spacial score (nSPS) is 11.2. The largest absolute Gasteiger partial charge is 0.484 e. The summed E-state index contributed by atoms with van der Waals surface area (Å²) >= 11 is 11.8. The molecule has 0 saturated heterocycles. The Balaban J connectivity index is 1.38. The number of carbonyl (C=O) groups is 1. The molecule has 0 saturated carbocycles. The highest BCUT2D eigenvalue weighted by Gasteiger charge is 2.15. The van der Waals surface area contributed by atoms with E-state index in [4.69, 9.17) is 27.9 Å². The lowest BCUT2D eigenvalue weighted by molar-refractivity contribution is -0.118. The smallest absolute Gasteiger partial charge is 0.262 e. The third kappa shape index (κ3) is 5.76. The van der Waals surface area contributed by atoms with Crippen molar-refractivity contribution in [3.8, 4) is 5.75 Å². The molecule has 0 spiro atoms. The first-order valence-corrected chi connectivity index (χ1v) is 12.0. The van der Waals surface area contributed by atoms with Gasteiger partial charge < -0.3 is 10.1 Å². The fraction of sp³-hybridized carbons (Fsp3) is 0.0417. The minimum Gasteiger partial charge on any atom is -0.484 e. The van der Waals surface area contributed by atoms with Gasteiger partial charge in [-0.25, -0.2) is 8.42 Å². The van der Waals surface area contributed by atoms with E-state index >= 15 is 0 Å². The van der Waals surface area contributed by atoms with Gasteiger partial charge in [-0.05, 0) is 53.9 Å². The second kappa shape index (κ2) is 9.70. The molecule has 4 aromatic carbocycles. The summed E-state index contributed by atoms with van der Waals surface area (Å²) in [7, 11) is -3.86. The zero-order valence-electron chi connectivity index (χ0n) is 17.1. The van der Waals surface area contributed by atoms with Crippen LogP contribution in [0.2, 0.25) is 10.0 Å². The molecular weight excluding hydrogens is 483 g/mol. The molecule has 0 aromatic heterocycles. The number of amides is 1. The van der Waals surface area contributed by atoms with Crippen molar-refractivity contribution in [1.29, 1.82) is 0 Å². The Morgan fingerprint density at radius 1 is 0.848 bits per heavy atom. The summed E-state index contributed by atoms with van der Waals surface area (Å²) in [6.45, 7) is -0.228. The van der Waals surface area contributed by atoms with Crippen LogP contribution in [0, 0.1) is 0 Å². The van der Waals surface area contributed by atoms with Crippen molar-refractivity contribution in [3.63, 3.8) is 0 Å². The van der Waals surface area contributed by atoms with E-state index in [0.29, 0.717) is 21.5 Å². The van der Waals surface area contributed by atoms with Gasteiger partial charge in [0.25, 0.3) is 15.9 Å². The Hall–Kier alpha value is -3.26. The van der Waals surface area contributed by atoms with Gasteiger partial charge in [-0.1, -0.05) is 59.6 Å². The number of halogens is 2. The first kappa shape index (κ1) is 22.9. The SMILES string of the molecule is O=C(COc1ccc(S(=O)(=O)Nc2cc(Cl)cc(Cl)c2)cc1)Nc1cccc2ccccc12. The van der Waals surface area contributed by atoms with E-state index in [1.54, 1.807) is 0 Å². The summed E-state index contributed by atoms with van der Waals surface area (Å²) in [4.78, 5) is 12.4. The van der Waals surface area contributed by atoms with Crippen LogP contribution >= 0.6 is 23.2 Å². The second-order valence-electron chi connectivity index (χ2n) is 7.10. The van der Waals surface area contributed by atoms with Crippen LogP contribution in [0.5, 0.6) is 5.75 Å². The first-order valence-electron chi connectivity index (χ1n) is 9.79. The molecule has 0 atom stereocenters. The van der Waals surface area contributed by atoms with Crippen LogP contribution < -0.4 is 14.8 Å². The predicted molar refractivity (Wildman–Crippen MR) is 132 cm³/mol. The quantitative estimate of drug-likeness (QED) is 0.327. The fourth-order valence-corrected chi connectivity index (χ4v) is 4.78. The molecule has 0 radical (unpaired) electrons. The van der Waals surface area contributed by atoms with Crippen LogP contribution in [-0.4, -0.2) is 20.9 Å². The first-order chi connectivity index (χ1) is 15.8. The molecule has 0 aliphatic heterocycles. The number of sulfonamides is 1. The minimum absolute atomic E-state index is 0.0196. The van der Waals surface area contributed by atoms with Crippen LogP contribution in [0.1, 0.15) is 0 Å². The Kier molecular flexibility index (Phi) is 6.74. The molecule has 0 bridgehead atoms. The van der Waals surface area contributed by atoms with Crippen molar-refractivity contribution < 1.29 is 17.9 Å². The monoisotopic (exact) mass is 500 g/mol. The van der Waals surface area contributed by atoms with Crippen LogP contribution in [0.3, 0.4) is 0 Å². The van der Waals surface area contributed by atoms with Crippen LogP contribution in [0.15, 0.2) is 89.8 Å². The number of rotatable bonds is 7. The van der Waals surface area contributed by atoms with Gasteiger partial charge in [-0.3, -0.25) is 9.52 Å². The number of benzene rings is 4. The number of fused-ring (bicyclic) bond motifs is 1. The van der Waals surface area contributed by atoms with E-state index in [2.05, 4.69) is 10.0 Å². The molecule has 4 rings (SSSR count). The number of nitrogens with one attached hydrogen (secondary N) is 2. The van der Waals surface area contributed by atoms with Gasteiger partial charge in [0.05, 0.1) is 10.6 Å². The summed E-state index contributed by atoms with van der Waals surface area (Å²) in [5, 5.41) is 5.40. The fourth-order valence-electron chi connectivity index (χ4n) is 3.21. The number of hydrogen-bond donors (Lipinski definition) is 2. The van der Waals surface area contributed by atoms with Crippen LogP contribution in [-0.2, 0) is 14.8 Å². The summed E-state index contributed by atoms with van der Waals surface area (Å²) in [5.41, 5.74) is 0.938. The number of hydrogen-bond acceptors (Lipinski definition) is 4. The number of carbonyl (C=O) groups excluding carboxylic acids is 1. The number of ether oxygens (including phenoxy) is 1. The van der Waals surface area contributed by atoms with E-state index in [9.17, 15) is 13.2 Å². The zero-order valence-corrected chi connectivity index (χ0v) is 19.4. The van der Waals surface area contributed by atoms with Crippen molar-refractivity contribution in [2.24, 2.45) is 0 Å². The molecular formula is C24H18Cl2N2O4S. The molecule has 4 aromatic rings. The topological polar surface area (TPSA) is 84.5 Å². The predicted octanol–water partition coefficient (Wildman–Crippen LogP) is 5.96. The highest BCUT2D eigenvalue weighted by atomic mass is 35.5. The Labute approximate surface area is 201 Å². The lowest BCUT2D eigenvalue weighted by Crippen LogP contribution is -2.20. The average Bonchev–Trinajstić information content (AvgIpc) is 2.77. The highest BCUT2D eigenvalue weighted by molar-refractivity contribution is 7.92. The molecule has 0 unspecified atom stereocenters. The lowest BCUT2D eigenvalue weighted by Gasteiger charge is -2.11. The van der Waals surface area contributed by atoms with E-state index in [0.717, 1.165) is 10.8 Å². The van der Waals surface area contributed by atoms with Gasteiger partial charge in [-0.15, -0.1) is 0 Å². The molecule has 2 N–H and O–H groups in total. The van der Waals surface area contributed by atoms with Crippen molar-refractivity contribution in [1.82, 2.24) is 0 Å². The molecule has 0 aliphatic rings. The van der Waals surface area contributed by atoms with E-state index in [1.165, 1.54) is 42.5 Å². The zero-order chi connectivity index (χ0) is 23.4. The highest BCUT2D eigenvalue weighted by Crippen LogP contribution is 2.26. The standard InChI is InChI=1S/C24H18Cl2N2O4S/c25-17-12-18(26)14-19(13-17)28-33(30,31)21-10-8-20(9-11-21)32-15-24(29)27-23-7-3-5-16-4-1-2-6-22(16)23/h1-14,28H,15H2,(H,27,29). The van der Waals surface area contributed by atoms with Gasteiger partial charge >= 0.3 is 0 Å². The molecule has 33 heavy (non-hydrogen) atoms. The lowest BCUT2D eigenvalue weighted by atomic mass is 10.1. The molecule has 1 amide bonds. The maximum absolute atomic E-state index is 12.6. The van der Waals surface area contributed by atoms with Crippen molar-refractivity contribution in [3.05, 3.63) is 95.0 Å². The maximum atomic E-state index is 12.6. The Morgan fingerprint density at radius 3 is 2.24 bits per heavy atom. The third-order valence-corrected chi connectivity index (χ3v) is 6.52. The second-order valence-corrected chi connectivity index (χ2v) is 9.65. The van der Waals surface area contributed by atoms with E-state index in [-0.39, 0.29) is 23.1 Å². The van der Waals surface area contributed by atoms with Crippen LogP contribution in [0.4, 0.5) is 11.4 Å². The van der Waals surface area contributed by atoms with Crippen molar-refractivity contribution >= 4 is 61.3 Å². The van der Waals surface area contributed by atoms with Gasteiger partial charge in [0.1, 0.15) is 5.75 Å². The summed E-state index contributed by atoms with van der Waals surface area (Å²) < 4.78 is 33.2. The van der Waals surface area contributed by atoms with Gasteiger partial charge in [0.15, 0.2) is 6.61 Å². The minimum atomic E-state index is -3.86. The Morgan fingerprint density at radius 2 is 1.52 bits per heavy atom. The molecule has 6 nitrogen and oxygen atoms in total. The molecule has 168 valence electrons. The number of anilines is 2. The Bertz CT molecular complexity index is 1400. The van der Waals surface area contributed by atoms with Crippen molar-refractivity contribution in [2.75, 3.05) is 16.6 Å². The molecule has 0 heterocycles. The van der Waals surface area contributed by atoms with Gasteiger partial charge in [0.2, 0.25) is 0 Å². The molecule has 9 heteroatoms. The van der Waals surface area contributed by atoms with E-state index in [1.807, 2.05) is 42.5 Å². The van der Waals surface area contributed by atoms with E-state index < -0.39 is 10.0 Å². The summed E-state index contributed by atoms with van der Waals surface area (Å²) in [5.74, 6) is 0.0235. The van der Waals surface area contributed by atoms with Gasteiger partial charge in [-0.2, -0.15) is 0 Å². The molecule has 0 aliphatic carbocycles. The van der Waals surface area contributed by atoms with Crippen LogP contribution in [0.25, 0.3) is 10.8 Å². The summed E-state index contributed by atoms with van der Waals surface area (Å²) in [6.07, 6.45) is 0. The van der Waals surface area contributed by atoms with Gasteiger partial charge in [0, 0.05) is 21.1 Å². The maximum Gasteiger partial charge on any atom is 0.262 e. The average molecular weight is 501 g/mol.